The first-order valence-corrected chi connectivity index (χ1v) is 7.19. The van der Waals surface area contributed by atoms with E-state index in [1.54, 1.807) is 6.33 Å². The van der Waals surface area contributed by atoms with Crippen LogP contribution in [0.5, 0.6) is 0 Å². The van der Waals surface area contributed by atoms with Gasteiger partial charge < -0.3 is 15.4 Å². The van der Waals surface area contributed by atoms with Gasteiger partial charge in [-0.2, -0.15) is 0 Å². The molecule has 0 spiro atoms. The van der Waals surface area contributed by atoms with Crippen molar-refractivity contribution >= 4 is 27.6 Å². The number of hydrogen-bond donors (Lipinski definition) is 2. The lowest BCUT2D eigenvalue weighted by atomic mass is 10.1. The van der Waals surface area contributed by atoms with Gasteiger partial charge in [-0.25, -0.2) is 9.97 Å². The first kappa shape index (κ1) is 13.5. The summed E-state index contributed by atoms with van der Waals surface area (Å²) in [5.74, 6) is 1.71. The van der Waals surface area contributed by atoms with Gasteiger partial charge in [-0.3, -0.25) is 0 Å². The van der Waals surface area contributed by atoms with Crippen molar-refractivity contribution in [3.8, 4) is 0 Å². The third kappa shape index (κ3) is 3.55. The van der Waals surface area contributed by atoms with E-state index in [0.717, 1.165) is 55.1 Å². The van der Waals surface area contributed by atoms with Crippen LogP contribution in [-0.4, -0.2) is 35.8 Å². The zero-order chi connectivity index (χ0) is 12.8. The monoisotopic (exact) mass is 314 g/mol. The number of ether oxygens (including phenoxy) is 1. The minimum Gasteiger partial charge on any atom is -0.381 e. The van der Waals surface area contributed by atoms with Crippen LogP contribution in [0.4, 0.5) is 11.6 Å². The summed E-state index contributed by atoms with van der Waals surface area (Å²) < 4.78 is 6.26. The van der Waals surface area contributed by atoms with Crippen LogP contribution in [0.3, 0.4) is 0 Å². The number of halogens is 1. The number of anilines is 2. The zero-order valence-corrected chi connectivity index (χ0v) is 12.2. The molecule has 2 rings (SSSR count). The molecule has 1 saturated heterocycles. The summed E-state index contributed by atoms with van der Waals surface area (Å²) in [7, 11) is 0. The Kier molecular flexibility index (Phi) is 5.19. The summed E-state index contributed by atoms with van der Waals surface area (Å²) in [5, 5.41) is 6.73. The first-order valence-electron chi connectivity index (χ1n) is 6.40. The molecular formula is C12H19BrN4O. The van der Waals surface area contributed by atoms with E-state index in [2.05, 4.69) is 43.5 Å². The highest BCUT2D eigenvalue weighted by atomic mass is 79.9. The van der Waals surface area contributed by atoms with Crippen LogP contribution in [-0.2, 0) is 4.74 Å². The highest BCUT2D eigenvalue weighted by Gasteiger charge is 2.16. The standard InChI is InChI=1S/C12H19BrN4O/c1-2-5-14-11-10(13)12(16-8-15-11)17-9-3-6-18-7-4-9/h8-9H,2-7H2,1H3,(H2,14,15,16,17). The Hall–Kier alpha value is -0.880. The van der Waals surface area contributed by atoms with E-state index in [0.29, 0.717) is 6.04 Å². The highest BCUT2D eigenvalue weighted by molar-refractivity contribution is 9.10. The fraction of sp³-hybridized carbons (Fsp3) is 0.667. The smallest absolute Gasteiger partial charge is 0.146 e. The lowest BCUT2D eigenvalue weighted by molar-refractivity contribution is 0.0904. The van der Waals surface area contributed by atoms with E-state index in [-0.39, 0.29) is 0 Å². The van der Waals surface area contributed by atoms with Crippen molar-refractivity contribution in [2.45, 2.75) is 32.2 Å². The van der Waals surface area contributed by atoms with Crippen molar-refractivity contribution in [3.63, 3.8) is 0 Å². The fourth-order valence-electron chi connectivity index (χ4n) is 1.87. The highest BCUT2D eigenvalue weighted by Crippen LogP contribution is 2.27. The molecule has 1 fully saturated rings. The van der Waals surface area contributed by atoms with Gasteiger partial charge in [-0.1, -0.05) is 6.92 Å². The Bertz CT molecular complexity index is 382. The van der Waals surface area contributed by atoms with Crippen molar-refractivity contribution in [2.75, 3.05) is 30.4 Å². The van der Waals surface area contributed by atoms with Crippen molar-refractivity contribution in [1.29, 1.82) is 0 Å². The van der Waals surface area contributed by atoms with Crippen molar-refractivity contribution in [3.05, 3.63) is 10.8 Å². The third-order valence-corrected chi connectivity index (χ3v) is 3.65. The Balaban J connectivity index is 2.02. The summed E-state index contributed by atoms with van der Waals surface area (Å²) in [5.41, 5.74) is 0. The molecule has 0 atom stereocenters. The van der Waals surface area contributed by atoms with Crippen LogP contribution in [0.25, 0.3) is 0 Å². The molecule has 1 aliphatic heterocycles. The van der Waals surface area contributed by atoms with Crippen molar-refractivity contribution in [2.24, 2.45) is 0 Å². The summed E-state index contributed by atoms with van der Waals surface area (Å²) in [6, 6.07) is 0.434. The largest absolute Gasteiger partial charge is 0.381 e. The maximum Gasteiger partial charge on any atom is 0.146 e. The van der Waals surface area contributed by atoms with Gasteiger partial charge in [0.15, 0.2) is 0 Å². The molecule has 0 radical (unpaired) electrons. The number of aromatic nitrogens is 2. The molecule has 6 heteroatoms. The molecule has 2 heterocycles. The van der Waals surface area contributed by atoms with Crippen LogP contribution in [0.15, 0.2) is 10.8 Å². The summed E-state index contributed by atoms with van der Waals surface area (Å²) in [6.07, 6.45) is 4.70. The molecule has 5 nitrogen and oxygen atoms in total. The van der Waals surface area contributed by atoms with Gasteiger partial charge >= 0.3 is 0 Å². The van der Waals surface area contributed by atoms with Gasteiger partial charge in [0.2, 0.25) is 0 Å². The molecule has 1 aromatic heterocycles. The van der Waals surface area contributed by atoms with E-state index in [4.69, 9.17) is 4.74 Å². The average Bonchev–Trinajstić information content (AvgIpc) is 2.41. The topological polar surface area (TPSA) is 59.1 Å². The van der Waals surface area contributed by atoms with Crippen LogP contribution < -0.4 is 10.6 Å². The molecule has 0 bridgehead atoms. The number of rotatable bonds is 5. The predicted octanol–water partition coefficient (Wildman–Crippen LogP) is 2.65. The molecule has 1 aliphatic rings. The van der Waals surface area contributed by atoms with Gasteiger partial charge in [0.25, 0.3) is 0 Å². The van der Waals surface area contributed by atoms with Gasteiger partial charge in [-0.15, -0.1) is 0 Å². The zero-order valence-electron chi connectivity index (χ0n) is 10.6. The SMILES string of the molecule is CCCNc1ncnc(NC2CCOCC2)c1Br. The van der Waals surface area contributed by atoms with Crippen molar-refractivity contribution in [1.82, 2.24) is 9.97 Å². The summed E-state index contributed by atoms with van der Waals surface area (Å²) in [4.78, 5) is 8.53. The Morgan fingerprint density at radius 1 is 1.33 bits per heavy atom. The van der Waals surface area contributed by atoms with Crippen LogP contribution in [0.1, 0.15) is 26.2 Å². The molecule has 100 valence electrons. The molecule has 0 aliphatic carbocycles. The van der Waals surface area contributed by atoms with Gasteiger partial charge in [0, 0.05) is 25.8 Å². The van der Waals surface area contributed by atoms with Crippen LogP contribution in [0, 0.1) is 0 Å². The number of hydrogen-bond acceptors (Lipinski definition) is 5. The molecule has 0 amide bonds. The maximum absolute atomic E-state index is 5.35. The average molecular weight is 315 g/mol. The van der Waals surface area contributed by atoms with E-state index in [1.807, 2.05) is 0 Å². The molecule has 2 N–H and O–H groups in total. The Labute approximate surface area is 116 Å². The second-order valence-corrected chi connectivity index (χ2v) is 5.14. The first-order chi connectivity index (χ1) is 8.81. The van der Waals surface area contributed by atoms with Crippen LogP contribution >= 0.6 is 15.9 Å². The van der Waals surface area contributed by atoms with Crippen LogP contribution in [0.2, 0.25) is 0 Å². The number of nitrogens with one attached hydrogen (secondary N) is 2. The lowest BCUT2D eigenvalue weighted by Gasteiger charge is -2.24. The van der Waals surface area contributed by atoms with E-state index >= 15 is 0 Å². The third-order valence-electron chi connectivity index (χ3n) is 2.89. The minimum absolute atomic E-state index is 0.434. The van der Waals surface area contributed by atoms with E-state index in [9.17, 15) is 0 Å². The Morgan fingerprint density at radius 3 is 2.78 bits per heavy atom. The predicted molar refractivity (Wildman–Crippen MR) is 76.0 cm³/mol. The number of nitrogens with zero attached hydrogens (tertiary/aromatic N) is 2. The van der Waals surface area contributed by atoms with E-state index < -0.39 is 0 Å². The minimum atomic E-state index is 0.434. The lowest BCUT2D eigenvalue weighted by Crippen LogP contribution is -2.28. The Morgan fingerprint density at radius 2 is 2.06 bits per heavy atom. The molecule has 0 aromatic carbocycles. The van der Waals surface area contributed by atoms with Gasteiger partial charge in [-0.05, 0) is 35.2 Å². The molecule has 18 heavy (non-hydrogen) atoms. The van der Waals surface area contributed by atoms with E-state index in [1.165, 1.54) is 0 Å². The normalized spacial score (nSPS) is 16.6. The second kappa shape index (κ2) is 6.89. The van der Waals surface area contributed by atoms with Crippen molar-refractivity contribution < 1.29 is 4.74 Å². The second-order valence-electron chi connectivity index (χ2n) is 4.34. The molecular weight excluding hydrogens is 296 g/mol. The summed E-state index contributed by atoms with van der Waals surface area (Å²) >= 11 is 3.56. The quantitative estimate of drug-likeness (QED) is 0.875. The molecule has 1 aromatic rings. The summed E-state index contributed by atoms with van der Waals surface area (Å²) in [6.45, 7) is 4.68. The fourth-order valence-corrected chi connectivity index (χ4v) is 2.33. The van der Waals surface area contributed by atoms with Gasteiger partial charge in [0.1, 0.15) is 22.4 Å². The molecule has 0 unspecified atom stereocenters. The van der Waals surface area contributed by atoms with Gasteiger partial charge in [0.05, 0.1) is 0 Å². The maximum atomic E-state index is 5.35. The molecule has 0 saturated carbocycles.